The molecular formula is C20H20N4O2. The molecule has 2 aromatic rings. The van der Waals surface area contributed by atoms with E-state index in [-0.39, 0.29) is 12.1 Å². The van der Waals surface area contributed by atoms with Crippen LogP contribution >= 0.6 is 0 Å². The number of carbonyl (C=O) groups excluding carboxylic acids is 1. The maximum Gasteiger partial charge on any atom is 0.410 e. The average molecular weight is 348 g/mol. The molecule has 3 heterocycles. The van der Waals surface area contributed by atoms with Gasteiger partial charge in [-0.25, -0.2) is 4.79 Å². The Morgan fingerprint density at radius 2 is 2.12 bits per heavy atom. The first-order valence-electron chi connectivity index (χ1n) is 8.74. The Morgan fingerprint density at radius 1 is 1.31 bits per heavy atom. The monoisotopic (exact) mass is 348 g/mol. The van der Waals surface area contributed by atoms with Crippen molar-refractivity contribution >= 4 is 11.8 Å². The molecule has 1 aromatic heterocycles. The van der Waals surface area contributed by atoms with Gasteiger partial charge in [0.2, 0.25) is 0 Å². The Morgan fingerprint density at radius 3 is 2.88 bits per heavy atom. The molecule has 2 saturated heterocycles. The van der Waals surface area contributed by atoms with Crippen LogP contribution in [0.4, 0.5) is 10.5 Å². The topological polar surface area (TPSA) is 69.5 Å². The Labute approximate surface area is 152 Å². The summed E-state index contributed by atoms with van der Waals surface area (Å²) < 4.78 is 5.44. The van der Waals surface area contributed by atoms with Gasteiger partial charge in [-0.05, 0) is 18.6 Å². The highest BCUT2D eigenvalue weighted by molar-refractivity contribution is 5.69. The molecular weight excluding hydrogens is 328 g/mol. The van der Waals surface area contributed by atoms with Gasteiger partial charge in [0.15, 0.2) is 0 Å². The van der Waals surface area contributed by atoms with Crippen molar-refractivity contribution in [2.75, 3.05) is 24.5 Å². The van der Waals surface area contributed by atoms with Crippen molar-refractivity contribution in [3.63, 3.8) is 0 Å². The zero-order valence-corrected chi connectivity index (χ0v) is 14.6. The van der Waals surface area contributed by atoms with Crippen molar-refractivity contribution in [2.24, 2.45) is 5.92 Å². The number of nitrogens with zero attached hydrogens (tertiary/aromatic N) is 4. The van der Waals surface area contributed by atoms with E-state index < -0.39 is 0 Å². The third kappa shape index (κ3) is 2.97. The fourth-order valence-corrected chi connectivity index (χ4v) is 3.69. The van der Waals surface area contributed by atoms with Gasteiger partial charge in [0.1, 0.15) is 12.7 Å². The number of aromatic nitrogens is 1. The van der Waals surface area contributed by atoms with Crippen molar-refractivity contribution in [2.45, 2.75) is 19.6 Å². The summed E-state index contributed by atoms with van der Waals surface area (Å²) in [6.45, 7) is 4.37. The van der Waals surface area contributed by atoms with Crippen LogP contribution in [0.25, 0.3) is 0 Å². The minimum atomic E-state index is -0.261. The molecule has 0 spiro atoms. The normalized spacial score (nSPS) is 20.9. The lowest BCUT2D eigenvalue weighted by Gasteiger charge is -2.45. The summed E-state index contributed by atoms with van der Waals surface area (Å²) in [5.41, 5.74) is 3.28. The molecule has 0 N–H and O–H groups in total. The average Bonchev–Trinajstić information content (AvgIpc) is 2.99. The van der Waals surface area contributed by atoms with Crippen molar-refractivity contribution in [3.8, 4) is 6.07 Å². The van der Waals surface area contributed by atoms with E-state index >= 15 is 0 Å². The number of ether oxygens (including phenoxy) is 1. The number of hydrogen-bond donors (Lipinski definition) is 0. The molecule has 6 heteroatoms. The Balaban J connectivity index is 1.37. The second-order valence-electron chi connectivity index (χ2n) is 6.86. The van der Waals surface area contributed by atoms with Gasteiger partial charge in [0.05, 0.1) is 29.2 Å². The van der Waals surface area contributed by atoms with Crippen molar-refractivity contribution in [1.82, 2.24) is 9.88 Å². The molecule has 0 aliphatic carbocycles. The van der Waals surface area contributed by atoms with Gasteiger partial charge < -0.3 is 14.5 Å². The maximum absolute atomic E-state index is 12.4. The highest BCUT2D eigenvalue weighted by Crippen LogP contribution is 2.36. The molecule has 4 rings (SSSR count). The van der Waals surface area contributed by atoms with Gasteiger partial charge >= 0.3 is 6.09 Å². The molecule has 0 saturated carbocycles. The Hall–Kier alpha value is -3.07. The summed E-state index contributed by atoms with van der Waals surface area (Å²) in [5, 5.41) is 9.19. The molecule has 0 bridgehead atoms. The van der Waals surface area contributed by atoms with Crippen molar-refractivity contribution in [3.05, 3.63) is 59.4 Å². The van der Waals surface area contributed by atoms with Gasteiger partial charge in [-0.15, -0.1) is 0 Å². The third-order valence-electron chi connectivity index (χ3n) is 5.23. The summed E-state index contributed by atoms with van der Waals surface area (Å²) in [7, 11) is 0. The minimum Gasteiger partial charge on any atom is -0.445 e. The molecule has 6 nitrogen and oxygen atoms in total. The number of amides is 1. The van der Waals surface area contributed by atoms with Crippen LogP contribution in [0.2, 0.25) is 0 Å². The minimum absolute atomic E-state index is 0.261. The summed E-state index contributed by atoms with van der Waals surface area (Å²) in [6.07, 6.45) is 1.55. The van der Waals surface area contributed by atoms with Gasteiger partial charge in [-0.3, -0.25) is 4.98 Å². The molecule has 2 fully saturated rings. The predicted molar refractivity (Wildman–Crippen MR) is 96.5 cm³/mol. The standard InChI is InChI=1S/C20H20N4O2/c1-14-16(8-21)7-18(9-22-14)24-11-17-10-23(12-19(17)24)20(25)26-13-15-5-3-2-4-6-15/h2-7,9,17,19H,10-13H2,1H3/t17-,19-/m0/s1. The van der Waals surface area contributed by atoms with E-state index in [4.69, 9.17) is 4.74 Å². The number of carbonyl (C=O) groups is 1. The van der Waals surface area contributed by atoms with E-state index in [0.717, 1.165) is 30.0 Å². The smallest absolute Gasteiger partial charge is 0.410 e. The summed E-state index contributed by atoms with van der Waals surface area (Å²) in [6, 6.07) is 14.0. The number of pyridine rings is 1. The van der Waals surface area contributed by atoms with Crippen LogP contribution < -0.4 is 4.90 Å². The molecule has 2 aliphatic heterocycles. The lowest BCUT2D eigenvalue weighted by molar-refractivity contribution is 0.103. The summed E-state index contributed by atoms with van der Waals surface area (Å²) in [4.78, 5) is 20.7. The molecule has 132 valence electrons. The quantitative estimate of drug-likeness (QED) is 0.853. The summed E-state index contributed by atoms with van der Waals surface area (Å²) in [5.74, 6) is 0.450. The molecule has 2 atom stereocenters. The Bertz CT molecular complexity index is 862. The number of rotatable bonds is 3. The fourth-order valence-electron chi connectivity index (χ4n) is 3.69. The molecule has 0 unspecified atom stereocenters. The largest absolute Gasteiger partial charge is 0.445 e. The molecule has 26 heavy (non-hydrogen) atoms. The number of fused-ring (bicyclic) bond motifs is 1. The van der Waals surface area contributed by atoms with Crippen LogP contribution in [0.3, 0.4) is 0 Å². The molecule has 0 radical (unpaired) electrons. The Kier molecular flexibility index (Phi) is 4.21. The lowest BCUT2D eigenvalue weighted by atomic mass is 9.91. The van der Waals surface area contributed by atoms with Crippen LogP contribution in [0.1, 0.15) is 16.8 Å². The van der Waals surface area contributed by atoms with Gasteiger partial charge in [0, 0.05) is 25.6 Å². The second kappa shape index (κ2) is 6.68. The van der Waals surface area contributed by atoms with Crippen molar-refractivity contribution in [1.29, 1.82) is 5.26 Å². The number of benzene rings is 1. The van der Waals surface area contributed by atoms with E-state index in [9.17, 15) is 10.1 Å². The SMILES string of the molecule is Cc1ncc(N2C[C@@H]3CN(C(=O)OCc4ccccc4)C[C@@H]32)cc1C#N. The van der Waals surface area contributed by atoms with E-state index in [1.807, 2.05) is 49.5 Å². The zero-order chi connectivity index (χ0) is 18.1. The first-order valence-corrected chi connectivity index (χ1v) is 8.74. The van der Waals surface area contributed by atoms with Gasteiger partial charge in [0.25, 0.3) is 0 Å². The van der Waals surface area contributed by atoms with Gasteiger partial charge in [-0.1, -0.05) is 30.3 Å². The van der Waals surface area contributed by atoms with Crippen LogP contribution in [0.15, 0.2) is 42.6 Å². The van der Waals surface area contributed by atoms with Crippen LogP contribution in [0, 0.1) is 24.2 Å². The number of aryl methyl sites for hydroxylation is 1. The number of likely N-dealkylation sites (tertiary alicyclic amines) is 1. The molecule has 1 amide bonds. The second-order valence-corrected chi connectivity index (χ2v) is 6.86. The molecule has 1 aromatic carbocycles. The number of nitriles is 1. The maximum atomic E-state index is 12.4. The van der Waals surface area contributed by atoms with E-state index in [0.29, 0.717) is 24.6 Å². The third-order valence-corrected chi connectivity index (χ3v) is 5.23. The summed E-state index contributed by atoms with van der Waals surface area (Å²) >= 11 is 0. The first kappa shape index (κ1) is 16.4. The van der Waals surface area contributed by atoms with E-state index in [1.54, 1.807) is 4.90 Å². The number of anilines is 1. The van der Waals surface area contributed by atoms with Crippen molar-refractivity contribution < 1.29 is 9.53 Å². The fraction of sp³-hybridized carbons (Fsp3) is 0.350. The van der Waals surface area contributed by atoms with Crippen LogP contribution in [-0.2, 0) is 11.3 Å². The highest BCUT2D eigenvalue weighted by Gasteiger charge is 2.47. The lowest BCUT2D eigenvalue weighted by Crippen LogP contribution is -2.55. The first-order chi connectivity index (χ1) is 12.7. The van der Waals surface area contributed by atoms with Crippen LogP contribution in [0.5, 0.6) is 0 Å². The van der Waals surface area contributed by atoms with Crippen LogP contribution in [-0.4, -0.2) is 41.7 Å². The number of hydrogen-bond acceptors (Lipinski definition) is 5. The van der Waals surface area contributed by atoms with E-state index in [2.05, 4.69) is 16.0 Å². The molecule has 2 aliphatic rings. The zero-order valence-electron chi connectivity index (χ0n) is 14.6. The highest BCUT2D eigenvalue weighted by atomic mass is 16.6. The van der Waals surface area contributed by atoms with Gasteiger partial charge in [-0.2, -0.15) is 5.26 Å². The van der Waals surface area contributed by atoms with E-state index in [1.165, 1.54) is 0 Å². The predicted octanol–water partition coefficient (Wildman–Crippen LogP) is 2.72.